The lowest BCUT2D eigenvalue weighted by Crippen LogP contribution is -1.52. The van der Waals surface area contributed by atoms with Crippen LogP contribution in [0.3, 0.4) is 0 Å². The molecule has 0 aromatic rings. The molecule has 2 nitrogen and oxygen atoms in total. The molecule has 1 aliphatic heterocycles. The van der Waals surface area contributed by atoms with Gasteiger partial charge in [-0.3, -0.25) is 4.99 Å². The van der Waals surface area contributed by atoms with E-state index in [2.05, 4.69) is 9.39 Å². The lowest BCUT2D eigenvalue weighted by Gasteiger charge is -1.68. The van der Waals surface area contributed by atoms with E-state index in [-0.39, 0.29) is 0 Å². The number of aliphatic imine (C=N–C) groups is 1. The molecule has 0 saturated carbocycles. The van der Waals surface area contributed by atoms with Gasteiger partial charge in [-0.2, -0.15) is 0 Å². The maximum absolute atomic E-state index is 3.83. The first-order valence-electron chi connectivity index (χ1n) is 1.86. The van der Waals surface area contributed by atoms with Gasteiger partial charge < -0.3 is 0 Å². The summed E-state index contributed by atoms with van der Waals surface area (Å²) in [7, 11) is 0. The molecule has 1 heterocycles. The van der Waals surface area contributed by atoms with Crippen LogP contribution in [-0.2, 0) is 0 Å². The van der Waals surface area contributed by atoms with Gasteiger partial charge in [0, 0.05) is 24.4 Å². The summed E-state index contributed by atoms with van der Waals surface area (Å²) in [4.78, 5) is 3.80. The van der Waals surface area contributed by atoms with E-state index in [1.807, 2.05) is 0 Å². The zero-order valence-electron chi connectivity index (χ0n) is 3.61. The molecule has 7 heavy (non-hydrogen) atoms. The van der Waals surface area contributed by atoms with E-state index in [9.17, 15) is 0 Å². The lowest BCUT2D eigenvalue weighted by atomic mass is 10.7. The van der Waals surface area contributed by atoms with Crippen LogP contribution in [0.4, 0.5) is 0 Å². The van der Waals surface area contributed by atoms with Gasteiger partial charge in [0.1, 0.15) is 0 Å². The molecule has 0 spiro atoms. The average Bonchev–Trinajstić information content (AvgIpc) is 1.90. The van der Waals surface area contributed by atoms with Crippen LogP contribution in [0, 0.1) is 0 Å². The highest BCUT2D eigenvalue weighted by Gasteiger charge is 1.72. The standard InChI is InChI=1S/C4H4N2S/c1-2-5-4-7-6-3-1/h1-4H. The number of rotatable bonds is 0. The van der Waals surface area contributed by atoms with Crippen molar-refractivity contribution < 1.29 is 0 Å². The van der Waals surface area contributed by atoms with Crippen molar-refractivity contribution in [2.24, 2.45) is 9.39 Å². The second-order valence-electron chi connectivity index (χ2n) is 0.956. The molecule has 1 rings (SSSR count). The predicted molar refractivity (Wildman–Crippen MR) is 33.7 cm³/mol. The van der Waals surface area contributed by atoms with Gasteiger partial charge in [0.2, 0.25) is 0 Å². The summed E-state index contributed by atoms with van der Waals surface area (Å²) < 4.78 is 3.83. The zero-order valence-corrected chi connectivity index (χ0v) is 4.43. The molecule has 0 unspecified atom stereocenters. The van der Waals surface area contributed by atoms with E-state index in [0.717, 1.165) is 0 Å². The normalized spacial score (nSPS) is 17.1. The molecule has 0 saturated heterocycles. The molecule has 0 N–H and O–H groups in total. The molecule has 0 atom stereocenters. The van der Waals surface area contributed by atoms with Crippen LogP contribution < -0.4 is 0 Å². The maximum atomic E-state index is 3.83. The Kier molecular flexibility index (Phi) is 1.69. The van der Waals surface area contributed by atoms with Crippen LogP contribution in [-0.4, -0.2) is 11.8 Å². The SMILES string of the molecule is C1=CN=CSN=C1. The van der Waals surface area contributed by atoms with Crippen molar-refractivity contribution in [3.05, 3.63) is 12.3 Å². The molecule has 0 amide bonds. The van der Waals surface area contributed by atoms with Crippen molar-refractivity contribution in [1.29, 1.82) is 0 Å². The highest BCUT2D eigenvalue weighted by atomic mass is 32.2. The summed E-state index contributed by atoms with van der Waals surface area (Å²) in [6, 6.07) is 0. The summed E-state index contributed by atoms with van der Waals surface area (Å²) in [5.41, 5.74) is 1.68. The van der Waals surface area contributed by atoms with E-state index in [4.69, 9.17) is 0 Å². The number of nitrogens with zero attached hydrogens (tertiary/aromatic N) is 2. The molecule has 0 bridgehead atoms. The van der Waals surface area contributed by atoms with E-state index in [1.165, 1.54) is 11.9 Å². The molecular formula is C4H4N2S. The summed E-state index contributed by atoms with van der Waals surface area (Å²) in [5.74, 6) is 0. The van der Waals surface area contributed by atoms with E-state index < -0.39 is 0 Å². The Morgan fingerprint density at radius 2 is 2.43 bits per heavy atom. The second kappa shape index (κ2) is 2.58. The van der Waals surface area contributed by atoms with Gasteiger partial charge >= 0.3 is 0 Å². The Hall–Kier alpha value is -0.570. The lowest BCUT2D eigenvalue weighted by molar-refractivity contribution is 1.63. The van der Waals surface area contributed by atoms with Gasteiger partial charge in [-0.05, 0) is 6.08 Å². The Bertz CT molecular complexity index is 112. The van der Waals surface area contributed by atoms with Crippen LogP contribution in [0.25, 0.3) is 0 Å². The number of hydrogen-bond donors (Lipinski definition) is 0. The molecule has 36 valence electrons. The fraction of sp³-hybridized carbons (Fsp3) is 0. The van der Waals surface area contributed by atoms with Crippen molar-refractivity contribution in [3.63, 3.8) is 0 Å². The molecular weight excluding hydrogens is 108 g/mol. The maximum Gasteiger partial charge on any atom is 0.0826 e. The molecule has 1 aliphatic rings. The Labute approximate surface area is 46.2 Å². The van der Waals surface area contributed by atoms with E-state index in [0.29, 0.717) is 0 Å². The monoisotopic (exact) mass is 112 g/mol. The molecule has 0 aromatic carbocycles. The zero-order chi connectivity index (χ0) is 4.95. The summed E-state index contributed by atoms with van der Waals surface area (Å²) in [5, 5.41) is 0. The first kappa shape index (κ1) is 4.59. The number of allylic oxidation sites excluding steroid dienone is 1. The number of hydrogen-bond acceptors (Lipinski definition) is 3. The van der Waals surface area contributed by atoms with Gasteiger partial charge in [0.15, 0.2) is 0 Å². The summed E-state index contributed by atoms with van der Waals surface area (Å²) >= 11 is 1.33. The van der Waals surface area contributed by atoms with E-state index in [1.54, 1.807) is 24.0 Å². The van der Waals surface area contributed by atoms with Crippen molar-refractivity contribution >= 4 is 23.7 Å². The molecule has 3 heteroatoms. The van der Waals surface area contributed by atoms with Gasteiger partial charge in [-0.25, -0.2) is 4.40 Å². The smallest absolute Gasteiger partial charge is 0.0826 e. The van der Waals surface area contributed by atoms with Gasteiger partial charge in [-0.15, -0.1) is 0 Å². The summed E-state index contributed by atoms with van der Waals surface area (Å²) in [6.07, 6.45) is 5.19. The van der Waals surface area contributed by atoms with Crippen LogP contribution in [0.2, 0.25) is 0 Å². The van der Waals surface area contributed by atoms with Crippen LogP contribution in [0.1, 0.15) is 0 Å². The van der Waals surface area contributed by atoms with Crippen molar-refractivity contribution in [2.45, 2.75) is 0 Å². The Morgan fingerprint density at radius 1 is 1.43 bits per heavy atom. The minimum atomic E-state index is 1.33. The van der Waals surface area contributed by atoms with Gasteiger partial charge in [-0.1, -0.05) is 0 Å². The topological polar surface area (TPSA) is 24.7 Å². The Morgan fingerprint density at radius 3 is 3.43 bits per heavy atom. The van der Waals surface area contributed by atoms with Gasteiger partial charge in [0.05, 0.1) is 5.55 Å². The first-order chi connectivity index (χ1) is 3.50. The van der Waals surface area contributed by atoms with Crippen LogP contribution in [0.15, 0.2) is 21.7 Å². The first-order valence-corrected chi connectivity index (χ1v) is 2.70. The summed E-state index contributed by atoms with van der Waals surface area (Å²) in [6.45, 7) is 0. The molecule has 0 aromatic heterocycles. The van der Waals surface area contributed by atoms with Gasteiger partial charge in [0.25, 0.3) is 0 Å². The fourth-order valence-corrected chi connectivity index (χ4v) is 0.568. The Balaban J connectivity index is 2.60. The quantitative estimate of drug-likeness (QED) is 0.433. The average molecular weight is 112 g/mol. The highest BCUT2D eigenvalue weighted by Crippen LogP contribution is 1.96. The third kappa shape index (κ3) is 1.55. The second-order valence-corrected chi connectivity index (χ2v) is 1.59. The van der Waals surface area contributed by atoms with Crippen LogP contribution in [0.5, 0.6) is 0 Å². The molecule has 0 aliphatic carbocycles. The fourth-order valence-electron chi connectivity index (χ4n) is 0.248. The minimum Gasteiger partial charge on any atom is -0.256 e. The van der Waals surface area contributed by atoms with Crippen LogP contribution >= 0.6 is 11.9 Å². The predicted octanol–water partition coefficient (Wildman–Crippen LogP) is 1.26. The molecule has 0 fully saturated rings. The van der Waals surface area contributed by atoms with Crippen molar-refractivity contribution in [1.82, 2.24) is 0 Å². The third-order valence-electron chi connectivity index (χ3n) is 0.488. The van der Waals surface area contributed by atoms with Crippen molar-refractivity contribution in [2.75, 3.05) is 0 Å². The minimum absolute atomic E-state index is 1.33. The van der Waals surface area contributed by atoms with E-state index >= 15 is 0 Å². The molecule has 0 radical (unpaired) electrons. The van der Waals surface area contributed by atoms with Crippen molar-refractivity contribution in [3.8, 4) is 0 Å². The largest absolute Gasteiger partial charge is 0.256 e. The highest BCUT2D eigenvalue weighted by molar-refractivity contribution is 8.11. The third-order valence-corrected chi connectivity index (χ3v) is 0.947.